The Balaban J connectivity index is 2.13. The van der Waals surface area contributed by atoms with Gasteiger partial charge in [0, 0.05) is 19.3 Å². The van der Waals surface area contributed by atoms with E-state index in [0.717, 1.165) is 36.2 Å². The summed E-state index contributed by atoms with van der Waals surface area (Å²) in [5.41, 5.74) is 0. The fourth-order valence-corrected chi connectivity index (χ4v) is 2.74. The normalized spacial score (nSPS) is 18.4. The summed E-state index contributed by atoms with van der Waals surface area (Å²) in [6.45, 7) is 2.26. The van der Waals surface area contributed by atoms with Gasteiger partial charge in [-0.05, 0) is 60.5 Å². The molecule has 6 heteroatoms. The molecule has 4 nitrogen and oxygen atoms in total. The zero-order chi connectivity index (χ0) is 12.4. The van der Waals surface area contributed by atoms with Gasteiger partial charge in [0.05, 0.1) is 4.47 Å². The number of hydrogen-bond acceptors (Lipinski definition) is 4. The molecule has 2 heterocycles. The van der Waals surface area contributed by atoms with Crippen LogP contribution in [-0.4, -0.2) is 48.1 Å². The predicted octanol–water partition coefficient (Wildman–Crippen LogP) is 2.42. The maximum absolute atomic E-state index is 5.85. The molecule has 0 aromatic carbocycles. The van der Waals surface area contributed by atoms with Crippen molar-refractivity contribution in [3.8, 4) is 0 Å². The van der Waals surface area contributed by atoms with E-state index in [0.29, 0.717) is 11.3 Å². The molecular formula is C11H16BrClN4. The molecule has 0 amide bonds. The molecular weight excluding hydrogens is 304 g/mol. The highest BCUT2D eigenvalue weighted by Crippen LogP contribution is 2.27. The highest BCUT2D eigenvalue weighted by atomic mass is 79.9. The number of halogens is 2. The van der Waals surface area contributed by atoms with Gasteiger partial charge in [0.25, 0.3) is 0 Å². The van der Waals surface area contributed by atoms with E-state index in [-0.39, 0.29) is 0 Å². The summed E-state index contributed by atoms with van der Waals surface area (Å²) in [4.78, 5) is 12.8. The van der Waals surface area contributed by atoms with Gasteiger partial charge in [0.15, 0.2) is 0 Å². The van der Waals surface area contributed by atoms with Gasteiger partial charge in [-0.25, -0.2) is 4.98 Å². The first kappa shape index (κ1) is 13.1. The Morgan fingerprint density at radius 1 is 1.47 bits per heavy atom. The summed E-state index contributed by atoms with van der Waals surface area (Å²) < 4.78 is 0.892. The topological polar surface area (TPSA) is 32.3 Å². The van der Waals surface area contributed by atoms with Crippen LogP contribution in [0.3, 0.4) is 0 Å². The number of piperidine rings is 1. The monoisotopic (exact) mass is 318 g/mol. The Morgan fingerprint density at radius 2 is 2.12 bits per heavy atom. The van der Waals surface area contributed by atoms with Gasteiger partial charge in [-0.2, -0.15) is 4.98 Å². The van der Waals surface area contributed by atoms with Crippen molar-refractivity contribution in [2.24, 2.45) is 0 Å². The Morgan fingerprint density at radius 3 is 2.76 bits per heavy atom. The smallest absolute Gasteiger partial charge is 0.224 e. The van der Waals surface area contributed by atoms with Crippen LogP contribution in [0.4, 0.5) is 5.82 Å². The first-order valence-corrected chi connectivity index (χ1v) is 6.84. The van der Waals surface area contributed by atoms with Crippen LogP contribution in [0.5, 0.6) is 0 Å². The van der Waals surface area contributed by atoms with Crippen molar-refractivity contribution in [2.45, 2.75) is 18.9 Å². The summed E-state index contributed by atoms with van der Waals surface area (Å²) in [5.74, 6) is 0.875. The van der Waals surface area contributed by atoms with Crippen LogP contribution in [0, 0.1) is 0 Å². The summed E-state index contributed by atoms with van der Waals surface area (Å²) in [5, 5.41) is 0.294. The Kier molecular flexibility index (Phi) is 4.22. The largest absolute Gasteiger partial charge is 0.356 e. The molecule has 1 aromatic heterocycles. The molecule has 0 atom stereocenters. The average Bonchev–Trinajstić information content (AvgIpc) is 2.32. The fraction of sp³-hybridized carbons (Fsp3) is 0.636. The molecule has 0 N–H and O–H groups in total. The van der Waals surface area contributed by atoms with E-state index in [2.05, 4.69) is 49.8 Å². The molecule has 0 saturated carbocycles. The van der Waals surface area contributed by atoms with E-state index in [4.69, 9.17) is 11.6 Å². The van der Waals surface area contributed by atoms with Crippen LogP contribution < -0.4 is 4.90 Å². The highest BCUT2D eigenvalue weighted by Gasteiger charge is 2.23. The van der Waals surface area contributed by atoms with Crippen molar-refractivity contribution in [1.29, 1.82) is 0 Å². The molecule has 0 spiro atoms. The van der Waals surface area contributed by atoms with Crippen molar-refractivity contribution in [1.82, 2.24) is 14.9 Å². The van der Waals surface area contributed by atoms with Crippen molar-refractivity contribution >= 4 is 33.3 Å². The molecule has 1 fully saturated rings. The van der Waals surface area contributed by atoms with Crippen LogP contribution in [0.25, 0.3) is 0 Å². The molecule has 0 bridgehead atoms. The zero-order valence-electron chi connectivity index (χ0n) is 10.0. The maximum atomic E-state index is 5.85. The first-order chi connectivity index (χ1) is 8.08. The van der Waals surface area contributed by atoms with Crippen LogP contribution in [-0.2, 0) is 0 Å². The minimum Gasteiger partial charge on any atom is -0.356 e. The van der Waals surface area contributed by atoms with Crippen LogP contribution in [0.2, 0.25) is 5.28 Å². The number of aromatic nitrogens is 2. The molecule has 0 aliphatic carbocycles. The third-order valence-electron chi connectivity index (χ3n) is 3.27. The Labute approximate surface area is 115 Å². The summed E-state index contributed by atoms with van der Waals surface area (Å²) in [6.07, 6.45) is 4.01. The van der Waals surface area contributed by atoms with Crippen LogP contribution in [0.15, 0.2) is 10.7 Å². The molecule has 0 radical (unpaired) electrons. The zero-order valence-corrected chi connectivity index (χ0v) is 12.4. The molecule has 0 unspecified atom stereocenters. The molecule has 1 aliphatic heterocycles. The third-order valence-corrected chi connectivity index (χ3v) is 4.01. The first-order valence-electron chi connectivity index (χ1n) is 5.67. The predicted molar refractivity (Wildman–Crippen MR) is 73.7 cm³/mol. The fourth-order valence-electron chi connectivity index (χ4n) is 2.14. The van der Waals surface area contributed by atoms with E-state index >= 15 is 0 Å². The lowest BCUT2D eigenvalue weighted by molar-refractivity contribution is 0.252. The second-order valence-corrected chi connectivity index (χ2v) is 5.65. The second-order valence-electron chi connectivity index (χ2n) is 4.46. The van der Waals surface area contributed by atoms with Crippen LogP contribution >= 0.6 is 27.5 Å². The van der Waals surface area contributed by atoms with E-state index in [1.807, 2.05) is 0 Å². The molecule has 1 aromatic rings. The number of anilines is 1. The quantitative estimate of drug-likeness (QED) is 0.784. The summed E-state index contributed by atoms with van der Waals surface area (Å²) in [6, 6.07) is 0.522. The van der Waals surface area contributed by atoms with Gasteiger partial charge in [-0.3, -0.25) is 0 Å². The highest BCUT2D eigenvalue weighted by molar-refractivity contribution is 9.10. The van der Waals surface area contributed by atoms with E-state index in [9.17, 15) is 0 Å². The van der Waals surface area contributed by atoms with Crippen molar-refractivity contribution in [3.63, 3.8) is 0 Å². The number of nitrogens with zero attached hydrogens (tertiary/aromatic N) is 4. The van der Waals surface area contributed by atoms with Gasteiger partial charge in [0.2, 0.25) is 5.28 Å². The SMILES string of the molecule is CN1CCC(N(C)c2nc(Cl)ncc2Br)CC1. The third kappa shape index (κ3) is 3.09. The van der Waals surface area contributed by atoms with Gasteiger partial charge in [0.1, 0.15) is 5.82 Å². The van der Waals surface area contributed by atoms with E-state index < -0.39 is 0 Å². The van der Waals surface area contributed by atoms with Crippen molar-refractivity contribution < 1.29 is 0 Å². The van der Waals surface area contributed by atoms with Crippen LogP contribution in [0.1, 0.15) is 12.8 Å². The van der Waals surface area contributed by atoms with Crippen molar-refractivity contribution in [2.75, 3.05) is 32.1 Å². The Hall–Kier alpha value is -0.390. The lowest BCUT2D eigenvalue weighted by Gasteiger charge is -2.36. The number of likely N-dealkylation sites (tertiary alicyclic amines) is 1. The Bertz CT molecular complexity index is 393. The van der Waals surface area contributed by atoms with E-state index in [1.165, 1.54) is 0 Å². The molecule has 1 aliphatic rings. The molecule has 2 rings (SSSR count). The minimum absolute atomic E-state index is 0.294. The van der Waals surface area contributed by atoms with Gasteiger partial charge in [-0.1, -0.05) is 0 Å². The maximum Gasteiger partial charge on any atom is 0.224 e. The lowest BCUT2D eigenvalue weighted by Crippen LogP contribution is -2.42. The van der Waals surface area contributed by atoms with Gasteiger partial charge >= 0.3 is 0 Å². The van der Waals surface area contributed by atoms with Crippen molar-refractivity contribution in [3.05, 3.63) is 16.0 Å². The number of hydrogen-bond donors (Lipinski definition) is 0. The number of rotatable bonds is 2. The molecule has 17 heavy (non-hydrogen) atoms. The standard InChI is InChI=1S/C11H16BrClN4/c1-16-5-3-8(4-6-16)17(2)10-9(12)7-14-11(13)15-10/h7-8H,3-6H2,1-2H3. The summed E-state index contributed by atoms with van der Waals surface area (Å²) in [7, 11) is 4.23. The summed E-state index contributed by atoms with van der Waals surface area (Å²) >= 11 is 9.32. The average molecular weight is 320 g/mol. The van der Waals surface area contributed by atoms with Gasteiger partial charge in [-0.15, -0.1) is 0 Å². The minimum atomic E-state index is 0.294. The molecule has 1 saturated heterocycles. The lowest BCUT2D eigenvalue weighted by atomic mass is 10.0. The van der Waals surface area contributed by atoms with E-state index in [1.54, 1.807) is 6.20 Å². The van der Waals surface area contributed by atoms with Gasteiger partial charge < -0.3 is 9.80 Å². The molecule has 94 valence electrons. The second kappa shape index (κ2) is 5.50.